The molecule has 3 rings (SSSR count). The molecule has 1 heterocycles. The maximum Gasteiger partial charge on any atom is 0.112 e. The molecule has 1 N–H and O–H groups in total. The lowest BCUT2D eigenvalue weighted by molar-refractivity contribution is -0.0144. The zero-order valence-corrected chi connectivity index (χ0v) is 11.2. The van der Waals surface area contributed by atoms with Crippen LogP contribution < -0.4 is 5.32 Å². The Bertz CT molecular complexity index is 337. The minimum absolute atomic E-state index is 0.197. The van der Waals surface area contributed by atoms with Crippen LogP contribution in [0.1, 0.15) is 57.8 Å². The molecule has 1 aliphatic heterocycles. The smallest absolute Gasteiger partial charge is 0.112 e. The van der Waals surface area contributed by atoms with Crippen molar-refractivity contribution in [1.82, 2.24) is 5.32 Å². The first kappa shape index (κ1) is 12.4. The third-order valence-electron chi connectivity index (χ3n) is 5.56. The van der Waals surface area contributed by atoms with Gasteiger partial charge >= 0.3 is 0 Å². The molecule has 18 heavy (non-hydrogen) atoms. The van der Waals surface area contributed by atoms with Gasteiger partial charge in [0.25, 0.3) is 0 Å². The fourth-order valence-electron chi connectivity index (χ4n) is 4.46. The summed E-state index contributed by atoms with van der Waals surface area (Å²) in [5.74, 6) is 0. The summed E-state index contributed by atoms with van der Waals surface area (Å²) >= 11 is 0. The second kappa shape index (κ2) is 4.83. The van der Waals surface area contributed by atoms with Gasteiger partial charge in [-0.1, -0.05) is 12.8 Å². The van der Waals surface area contributed by atoms with Crippen LogP contribution >= 0.6 is 0 Å². The van der Waals surface area contributed by atoms with Gasteiger partial charge in [0.1, 0.15) is 5.54 Å². The molecule has 3 fully saturated rings. The predicted octanol–water partition coefficient (Wildman–Crippen LogP) is 2.76. The van der Waals surface area contributed by atoms with Crippen LogP contribution in [0, 0.1) is 16.7 Å². The maximum absolute atomic E-state index is 9.84. The normalized spacial score (nSPS) is 35.9. The highest BCUT2D eigenvalue weighted by molar-refractivity contribution is 5.22. The van der Waals surface area contributed by atoms with Crippen LogP contribution in [0.4, 0.5) is 0 Å². The Hall–Kier alpha value is -0.590. The second-order valence-corrected chi connectivity index (χ2v) is 6.39. The zero-order valence-electron chi connectivity index (χ0n) is 11.2. The van der Waals surface area contributed by atoms with Crippen LogP contribution in [0.25, 0.3) is 0 Å². The van der Waals surface area contributed by atoms with Gasteiger partial charge in [0, 0.05) is 24.7 Å². The summed E-state index contributed by atoms with van der Waals surface area (Å²) in [5, 5.41) is 13.6. The Morgan fingerprint density at radius 3 is 2.39 bits per heavy atom. The van der Waals surface area contributed by atoms with Gasteiger partial charge in [-0.2, -0.15) is 5.26 Å². The summed E-state index contributed by atoms with van der Waals surface area (Å²) in [6, 6.07) is 3.28. The number of rotatable bonds is 2. The van der Waals surface area contributed by atoms with E-state index in [0.717, 1.165) is 32.5 Å². The average Bonchev–Trinajstić information content (AvgIpc) is 3.01. The van der Waals surface area contributed by atoms with E-state index >= 15 is 0 Å². The van der Waals surface area contributed by atoms with Gasteiger partial charge in [-0.15, -0.1) is 0 Å². The molecule has 2 saturated carbocycles. The minimum Gasteiger partial charge on any atom is -0.381 e. The van der Waals surface area contributed by atoms with Gasteiger partial charge in [-0.25, -0.2) is 0 Å². The first-order valence-electron chi connectivity index (χ1n) is 7.57. The van der Waals surface area contributed by atoms with Crippen LogP contribution in [0.15, 0.2) is 0 Å². The van der Waals surface area contributed by atoms with E-state index in [1.54, 1.807) is 0 Å². The van der Waals surface area contributed by atoms with Gasteiger partial charge in [0.05, 0.1) is 6.07 Å². The summed E-state index contributed by atoms with van der Waals surface area (Å²) < 4.78 is 5.53. The highest BCUT2D eigenvalue weighted by Crippen LogP contribution is 2.53. The van der Waals surface area contributed by atoms with Crippen LogP contribution in [0.3, 0.4) is 0 Å². The number of hydrogen-bond donors (Lipinski definition) is 1. The second-order valence-electron chi connectivity index (χ2n) is 6.39. The van der Waals surface area contributed by atoms with Crippen LogP contribution in [-0.4, -0.2) is 24.8 Å². The Labute approximate surface area is 110 Å². The summed E-state index contributed by atoms with van der Waals surface area (Å²) in [6.07, 6.45) is 10.8. The number of nitrogens with zero attached hydrogens (tertiary/aromatic N) is 1. The molecule has 0 aromatic carbocycles. The van der Waals surface area contributed by atoms with Crippen molar-refractivity contribution in [3.05, 3.63) is 0 Å². The largest absolute Gasteiger partial charge is 0.381 e. The SMILES string of the molecule is N#CC1(NC2CCCC2)CCCC12CCOCC2. The van der Waals surface area contributed by atoms with Crippen LogP contribution in [0.5, 0.6) is 0 Å². The predicted molar refractivity (Wildman–Crippen MR) is 70.1 cm³/mol. The molecule has 0 radical (unpaired) electrons. The Morgan fingerprint density at radius 2 is 1.72 bits per heavy atom. The summed E-state index contributed by atoms with van der Waals surface area (Å²) in [5.41, 5.74) is -0.0611. The zero-order chi connectivity index (χ0) is 12.5. The molecule has 3 heteroatoms. The number of ether oxygens (including phenoxy) is 1. The molecule has 0 amide bonds. The molecule has 1 spiro atoms. The maximum atomic E-state index is 9.84. The van der Waals surface area contributed by atoms with E-state index in [0.29, 0.717) is 6.04 Å². The fraction of sp³-hybridized carbons (Fsp3) is 0.933. The lowest BCUT2D eigenvalue weighted by atomic mass is 9.67. The molecule has 0 aromatic rings. The van der Waals surface area contributed by atoms with Crippen molar-refractivity contribution in [2.24, 2.45) is 5.41 Å². The van der Waals surface area contributed by atoms with Crippen molar-refractivity contribution in [1.29, 1.82) is 5.26 Å². The monoisotopic (exact) mass is 248 g/mol. The molecular formula is C15H24N2O. The molecule has 3 nitrogen and oxygen atoms in total. The molecule has 0 aromatic heterocycles. The van der Waals surface area contributed by atoms with Gasteiger partial charge in [-0.05, 0) is 44.9 Å². The van der Waals surface area contributed by atoms with Crippen molar-refractivity contribution < 1.29 is 4.74 Å². The van der Waals surface area contributed by atoms with Crippen molar-refractivity contribution in [2.45, 2.75) is 69.4 Å². The van der Waals surface area contributed by atoms with Gasteiger partial charge in [0.15, 0.2) is 0 Å². The third kappa shape index (κ3) is 1.87. The Balaban J connectivity index is 1.81. The quantitative estimate of drug-likeness (QED) is 0.817. The summed E-state index contributed by atoms with van der Waals surface area (Å²) in [7, 11) is 0. The van der Waals surface area contributed by atoms with E-state index in [9.17, 15) is 5.26 Å². The minimum atomic E-state index is -0.258. The third-order valence-corrected chi connectivity index (χ3v) is 5.56. The van der Waals surface area contributed by atoms with E-state index in [-0.39, 0.29) is 11.0 Å². The topological polar surface area (TPSA) is 45.0 Å². The summed E-state index contributed by atoms with van der Waals surface area (Å²) in [4.78, 5) is 0. The first-order valence-corrected chi connectivity index (χ1v) is 7.57. The highest BCUT2D eigenvalue weighted by atomic mass is 16.5. The van der Waals surface area contributed by atoms with Gasteiger partial charge < -0.3 is 4.74 Å². The van der Waals surface area contributed by atoms with E-state index in [2.05, 4.69) is 11.4 Å². The molecule has 2 aliphatic carbocycles. The number of nitriles is 1. The van der Waals surface area contributed by atoms with Crippen molar-refractivity contribution in [3.63, 3.8) is 0 Å². The van der Waals surface area contributed by atoms with E-state index in [1.807, 2.05) is 0 Å². The molecular weight excluding hydrogens is 224 g/mol. The lowest BCUT2D eigenvalue weighted by Crippen LogP contribution is -2.58. The average molecular weight is 248 g/mol. The Morgan fingerprint density at radius 1 is 1.00 bits per heavy atom. The van der Waals surface area contributed by atoms with Crippen molar-refractivity contribution >= 4 is 0 Å². The first-order chi connectivity index (χ1) is 8.80. The molecule has 1 unspecified atom stereocenters. The standard InChI is InChI=1S/C15H24N2O/c16-12-15(17-13-4-1-2-5-13)7-3-6-14(15)8-10-18-11-9-14/h13,17H,1-11H2. The Kier molecular flexibility index (Phi) is 3.34. The molecule has 0 bridgehead atoms. The van der Waals surface area contributed by atoms with E-state index in [1.165, 1.54) is 38.5 Å². The number of nitrogens with one attached hydrogen (secondary N) is 1. The van der Waals surface area contributed by atoms with E-state index in [4.69, 9.17) is 4.74 Å². The van der Waals surface area contributed by atoms with Gasteiger partial charge in [0.2, 0.25) is 0 Å². The van der Waals surface area contributed by atoms with Crippen molar-refractivity contribution in [3.8, 4) is 6.07 Å². The van der Waals surface area contributed by atoms with Gasteiger partial charge in [-0.3, -0.25) is 5.32 Å². The fourth-order valence-corrected chi connectivity index (χ4v) is 4.46. The van der Waals surface area contributed by atoms with Crippen LogP contribution in [-0.2, 0) is 4.74 Å². The van der Waals surface area contributed by atoms with E-state index < -0.39 is 0 Å². The molecule has 1 atom stereocenters. The molecule has 3 aliphatic rings. The van der Waals surface area contributed by atoms with Crippen molar-refractivity contribution in [2.75, 3.05) is 13.2 Å². The molecule has 100 valence electrons. The van der Waals surface area contributed by atoms with Crippen LogP contribution in [0.2, 0.25) is 0 Å². The summed E-state index contributed by atoms with van der Waals surface area (Å²) in [6.45, 7) is 1.69. The highest BCUT2D eigenvalue weighted by Gasteiger charge is 2.56. The lowest BCUT2D eigenvalue weighted by Gasteiger charge is -2.46. The molecule has 1 saturated heterocycles. The number of hydrogen-bond acceptors (Lipinski definition) is 3.